The van der Waals surface area contributed by atoms with Crippen LogP contribution in [0.15, 0.2) is 29.3 Å². The summed E-state index contributed by atoms with van der Waals surface area (Å²) in [6.45, 7) is 7.45. The van der Waals surface area contributed by atoms with E-state index in [1.54, 1.807) is 0 Å². The van der Waals surface area contributed by atoms with E-state index in [1.165, 1.54) is 5.56 Å². The lowest BCUT2D eigenvalue weighted by Crippen LogP contribution is -2.15. The first-order chi connectivity index (χ1) is 8.00. The van der Waals surface area contributed by atoms with Crippen molar-refractivity contribution in [1.82, 2.24) is 0 Å². The molecule has 2 nitrogen and oxygen atoms in total. The van der Waals surface area contributed by atoms with Crippen molar-refractivity contribution >= 4 is 28.5 Å². The number of halogens is 1. The highest BCUT2D eigenvalue weighted by Crippen LogP contribution is 2.23. The second kappa shape index (κ2) is 4.96. The molecule has 2 rings (SSSR count). The van der Waals surface area contributed by atoms with Crippen molar-refractivity contribution in [3.05, 3.63) is 35.4 Å². The second-order valence-electron chi connectivity index (χ2n) is 5.37. The van der Waals surface area contributed by atoms with Crippen molar-refractivity contribution in [1.29, 1.82) is 0 Å². The van der Waals surface area contributed by atoms with Crippen molar-refractivity contribution in [3.63, 3.8) is 0 Å². The van der Waals surface area contributed by atoms with Gasteiger partial charge in [0.1, 0.15) is 6.10 Å². The summed E-state index contributed by atoms with van der Waals surface area (Å²) in [5, 5.41) is 0. The molecule has 0 aliphatic carbocycles. The average Bonchev–Trinajstić information content (AvgIpc) is 2.76. The Hall–Kier alpha value is -0.580. The van der Waals surface area contributed by atoms with E-state index >= 15 is 0 Å². The minimum atomic E-state index is 0.196. The van der Waals surface area contributed by atoms with Crippen LogP contribution in [0.4, 0.5) is 0 Å². The fourth-order valence-electron chi connectivity index (χ4n) is 1.77. The van der Waals surface area contributed by atoms with Crippen LogP contribution in [-0.2, 0) is 10.2 Å². The first-order valence-corrected chi connectivity index (χ1v) is 7.41. The molecule has 0 spiro atoms. The molecule has 92 valence electrons. The fraction of sp³-hybridized carbons (Fsp3) is 0.500. The number of rotatable bonds is 2. The summed E-state index contributed by atoms with van der Waals surface area (Å²) >= 11 is 2.34. The number of ether oxygens (including phenoxy) is 1. The quantitative estimate of drug-likeness (QED) is 0.594. The van der Waals surface area contributed by atoms with Gasteiger partial charge in [0.15, 0.2) is 0 Å². The number of nitrogens with zero attached hydrogens (tertiary/aromatic N) is 1. The highest BCUT2D eigenvalue weighted by atomic mass is 127. The summed E-state index contributed by atoms with van der Waals surface area (Å²) in [7, 11) is 0. The summed E-state index contributed by atoms with van der Waals surface area (Å²) < 4.78 is 6.76. The van der Waals surface area contributed by atoms with Crippen molar-refractivity contribution < 1.29 is 4.74 Å². The Kier molecular flexibility index (Phi) is 3.76. The molecule has 0 fully saturated rings. The third-order valence-electron chi connectivity index (χ3n) is 2.89. The zero-order valence-electron chi connectivity index (χ0n) is 10.5. The van der Waals surface area contributed by atoms with Crippen molar-refractivity contribution in [2.75, 3.05) is 11.0 Å². The Bertz CT molecular complexity index is 417. The van der Waals surface area contributed by atoms with Gasteiger partial charge >= 0.3 is 0 Å². The molecule has 0 bridgehead atoms. The number of hydrogen-bond donors (Lipinski definition) is 0. The zero-order valence-corrected chi connectivity index (χ0v) is 12.7. The van der Waals surface area contributed by atoms with E-state index in [1.807, 2.05) is 0 Å². The van der Waals surface area contributed by atoms with Crippen LogP contribution in [0, 0.1) is 0 Å². The van der Waals surface area contributed by atoms with Crippen LogP contribution in [0.1, 0.15) is 31.9 Å². The summed E-state index contributed by atoms with van der Waals surface area (Å²) in [4.78, 5) is 4.44. The van der Waals surface area contributed by atoms with Gasteiger partial charge in [0.25, 0.3) is 0 Å². The third kappa shape index (κ3) is 3.00. The molecule has 1 aromatic rings. The Balaban J connectivity index is 2.14. The largest absolute Gasteiger partial charge is 0.471 e. The Morgan fingerprint density at radius 3 is 2.41 bits per heavy atom. The third-order valence-corrected chi connectivity index (χ3v) is 3.87. The lowest BCUT2D eigenvalue weighted by molar-refractivity contribution is 0.254. The monoisotopic (exact) mass is 343 g/mol. The fourth-order valence-corrected chi connectivity index (χ4v) is 2.23. The van der Waals surface area contributed by atoms with Gasteiger partial charge in [0.05, 0.1) is 6.54 Å². The molecular formula is C14H18INO. The van der Waals surface area contributed by atoms with Gasteiger partial charge in [-0.25, -0.2) is 4.99 Å². The van der Waals surface area contributed by atoms with Gasteiger partial charge in [-0.05, 0) is 23.1 Å². The van der Waals surface area contributed by atoms with Crippen LogP contribution in [0.5, 0.6) is 0 Å². The van der Waals surface area contributed by atoms with Crippen LogP contribution in [0.2, 0.25) is 0 Å². The minimum absolute atomic E-state index is 0.196. The molecule has 1 heterocycles. The first kappa shape index (κ1) is 12.9. The normalized spacial score (nSPS) is 20.0. The Morgan fingerprint density at radius 2 is 1.94 bits per heavy atom. The molecule has 1 aliphatic rings. The van der Waals surface area contributed by atoms with Gasteiger partial charge in [0, 0.05) is 9.99 Å². The molecule has 1 aliphatic heterocycles. The maximum absolute atomic E-state index is 5.76. The molecule has 0 saturated heterocycles. The summed E-state index contributed by atoms with van der Waals surface area (Å²) in [5.74, 6) is 0.798. The molecule has 0 radical (unpaired) electrons. The Morgan fingerprint density at radius 1 is 1.29 bits per heavy atom. The SMILES string of the molecule is CC(C)(C)c1ccc(C2=NCC(CI)O2)cc1. The molecule has 1 aromatic carbocycles. The molecule has 1 atom stereocenters. The van der Waals surface area contributed by atoms with Crippen LogP contribution in [0.3, 0.4) is 0 Å². The van der Waals surface area contributed by atoms with Gasteiger partial charge in [-0.1, -0.05) is 55.5 Å². The number of hydrogen-bond acceptors (Lipinski definition) is 2. The van der Waals surface area contributed by atoms with E-state index in [0.29, 0.717) is 0 Å². The van der Waals surface area contributed by atoms with Gasteiger partial charge in [-0.3, -0.25) is 0 Å². The van der Waals surface area contributed by atoms with E-state index in [9.17, 15) is 0 Å². The molecule has 0 amide bonds. The van der Waals surface area contributed by atoms with Crippen LogP contribution < -0.4 is 0 Å². The van der Waals surface area contributed by atoms with E-state index in [4.69, 9.17) is 4.74 Å². The molecule has 17 heavy (non-hydrogen) atoms. The zero-order chi connectivity index (χ0) is 12.5. The van der Waals surface area contributed by atoms with Crippen LogP contribution >= 0.6 is 22.6 Å². The molecule has 3 heteroatoms. The highest BCUT2D eigenvalue weighted by molar-refractivity contribution is 14.1. The highest BCUT2D eigenvalue weighted by Gasteiger charge is 2.20. The molecule has 0 N–H and O–H groups in total. The Labute approximate surface area is 117 Å². The van der Waals surface area contributed by atoms with E-state index in [0.717, 1.165) is 22.4 Å². The lowest BCUT2D eigenvalue weighted by atomic mass is 9.87. The average molecular weight is 343 g/mol. The van der Waals surface area contributed by atoms with Gasteiger partial charge in [-0.2, -0.15) is 0 Å². The van der Waals surface area contributed by atoms with Crippen LogP contribution in [-0.4, -0.2) is 23.0 Å². The smallest absolute Gasteiger partial charge is 0.216 e. The molecule has 1 unspecified atom stereocenters. The molecular weight excluding hydrogens is 325 g/mol. The van der Waals surface area contributed by atoms with E-state index < -0.39 is 0 Å². The van der Waals surface area contributed by atoms with Gasteiger partial charge in [0.2, 0.25) is 5.90 Å². The number of aliphatic imine (C=N–C) groups is 1. The van der Waals surface area contributed by atoms with Crippen molar-refractivity contribution in [3.8, 4) is 0 Å². The topological polar surface area (TPSA) is 21.6 Å². The van der Waals surface area contributed by atoms with E-state index in [-0.39, 0.29) is 11.5 Å². The first-order valence-electron chi connectivity index (χ1n) is 5.88. The van der Waals surface area contributed by atoms with Crippen molar-refractivity contribution in [2.45, 2.75) is 32.3 Å². The maximum Gasteiger partial charge on any atom is 0.216 e. The summed E-state index contributed by atoms with van der Waals surface area (Å²) in [5.41, 5.74) is 2.62. The number of benzene rings is 1. The van der Waals surface area contributed by atoms with Crippen LogP contribution in [0.25, 0.3) is 0 Å². The van der Waals surface area contributed by atoms with Gasteiger partial charge < -0.3 is 4.74 Å². The second-order valence-corrected chi connectivity index (χ2v) is 6.25. The maximum atomic E-state index is 5.76. The lowest BCUT2D eigenvalue weighted by Gasteiger charge is -2.19. The van der Waals surface area contributed by atoms with Crippen molar-refractivity contribution in [2.24, 2.45) is 4.99 Å². The van der Waals surface area contributed by atoms with Gasteiger partial charge in [-0.15, -0.1) is 0 Å². The number of alkyl halides is 1. The standard InChI is InChI=1S/C14H18INO/c1-14(2,3)11-6-4-10(5-7-11)13-16-9-12(8-15)17-13/h4-7,12H,8-9H2,1-3H3. The minimum Gasteiger partial charge on any atom is -0.471 e. The summed E-state index contributed by atoms with van der Waals surface area (Å²) in [6.07, 6.45) is 0.257. The predicted molar refractivity (Wildman–Crippen MR) is 80.3 cm³/mol. The predicted octanol–water partition coefficient (Wildman–Crippen LogP) is 3.56. The molecule has 0 aromatic heterocycles. The summed E-state index contributed by atoms with van der Waals surface area (Å²) in [6, 6.07) is 8.54. The molecule has 0 saturated carbocycles. The van der Waals surface area contributed by atoms with E-state index in [2.05, 4.69) is 72.6 Å².